The van der Waals surface area contributed by atoms with Gasteiger partial charge in [-0.15, -0.1) is 0 Å². The fourth-order valence-electron chi connectivity index (χ4n) is 2.55. The fourth-order valence-corrected chi connectivity index (χ4v) is 2.55. The molecule has 0 saturated carbocycles. The summed E-state index contributed by atoms with van der Waals surface area (Å²) in [5, 5.41) is 0. The molecule has 0 spiro atoms. The van der Waals surface area contributed by atoms with Crippen LogP contribution >= 0.6 is 0 Å². The number of nitrogens with zero attached hydrogens (tertiary/aromatic N) is 1. The molecule has 0 amide bonds. The largest absolute Gasteiger partial charge is 0.366 e. The second kappa shape index (κ2) is 7.74. The summed E-state index contributed by atoms with van der Waals surface area (Å²) in [6.45, 7) is 11.3. The van der Waals surface area contributed by atoms with Crippen molar-refractivity contribution in [2.24, 2.45) is 17.6 Å². The molecular weight excluding hydrogens is 270 g/mol. The molecule has 0 radical (unpaired) electrons. The van der Waals surface area contributed by atoms with E-state index in [0.717, 1.165) is 0 Å². The zero-order valence-electron chi connectivity index (χ0n) is 13.8. The Bertz CT molecular complexity index is 423. The smallest absolute Gasteiger partial charge is 0.149 e. The van der Waals surface area contributed by atoms with Crippen LogP contribution in [0, 0.1) is 23.5 Å². The van der Waals surface area contributed by atoms with Gasteiger partial charge in [-0.25, -0.2) is 8.78 Å². The highest BCUT2D eigenvalue weighted by Crippen LogP contribution is 2.27. The minimum Gasteiger partial charge on any atom is -0.366 e. The molecule has 21 heavy (non-hydrogen) atoms. The molecule has 0 heterocycles. The Morgan fingerprint density at radius 3 is 1.71 bits per heavy atom. The summed E-state index contributed by atoms with van der Waals surface area (Å²) < 4.78 is 28.8. The molecule has 0 bridgehead atoms. The maximum atomic E-state index is 14.4. The number of hydrogen-bond donors (Lipinski definition) is 1. The van der Waals surface area contributed by atoms with Crippen molar-refractivity contribution < 1.29 is 8.78 Å². The number of benzene rings is 1. The van der Waals surface area contributed by atoms with Crippen molar-refractivity contribution >= 4 is 5.69 Å². The first-order valence-corrected chi connectivity index (χ1v) is 7.69. The summed E-state index contributed by atoms with van der Waals surface area (Å²) >= 11 is 0. The van der Waals surface area contributed by atoms with E-state index in [1.807, 2.05) is 39.5 Å². The summed E-state index contributed by atoms with van der Waals surface area (Å²) in [6, 6.07) is 2.71. The third kappa shape index (κ3) is 5.62. The highest BCUT2D eigenvalue weighted by Gasteiger charge is 2.20. The van der Waals surface area contributed by atoms with E-state index >= 15 is 0 Å². The number of hydrogen-bond acceptors (Lipinski definition) is 2. The lowest BCUT2D eigenvalue weighted by Gasteiger charge is -2.29. The lowest BCUT2D eigenvalue weighted by molar-refractivity contribution is 0.515. The van der Waals surface area contributed by atoms with Gasteiger partial charge in [-0.3, -0.25) is 0 Å². The molecule has 0 fully saturated rings. The summed E-state index contributed by atoms with van der Waals surface area (Å²) in [7, 11) is 0. The second-order valence-corrected chi connectivity index (χ2v) is 6.78. The Morgan fingerprint density at radius 2 is 1.38 bits per heavy atom. The van der Waals surface area contributed by atoms with Gasteiger partial charge in [0.25, 0.3) is 0 Å². The van der Waals surface area contributed by atoms with Gasteiger partial charge in [0.1, 0.15) is 17.3 Å². The van der Waals surface area contributed by atoms with E-state index in [-0.39, 0.29) is 11.7 Å². The zero-order valence-corrected chi connectivity index (χ0v) is 13.8. The Kier molecular flexibility index (Phi) is 6.59. The highest BCUT2D eigenvalue weighted by atomic mass is 19.1. The Labute approximate surface area is 127 Å². The number of anilines is 1. The van der Waals surface area contributed by atoms with Gasteiger partial charge in [-0.2, -0.15) is 0 Å². The average molecular weight is 298 g/mol. The topological polar surface area (TPSA) is 29.3 Å². The molecule has 4 heteroatoms. The number of rotatable bonds is 7. The van der Waals surface area contributed by atoms with Gasteiger partial charge in [0.15, 0.2) is 0 Å². The first-order chi connectivity index (χ1) is 9.70. The Balaban J connectivity index is 3.12. The Morgan fingerprint density at radius 1 is 0.952 bits per heavy atom. The molecule has 2 N–H and O–H groups in total. The summed E-state index contributed by atoms with van der Waals surface area (Å²) in [5.41, 5.74) is 6.40. The van der Waals surface area contributed by atoms with Crippen LogP contribution in [0.15, 0.2) is 12.1 Å². The lowest BCUT2D eigenvalue weighted by atomic mass is 10.0. The van der Waals surface area contributed by atoms with Crippen LogP contribution in [-0.2, 0) is 6.42 Å². The van der Waals surface area contributed by atoms with Crippen molar-refractivity contribution in [1.29, 1.82) is 0 Å². The van der Waals surface area contributed by atoms with Crippen LogP contribution in [0.25, 0.3) is 0 Å². The molecule has 0 aliphatic rings. The van der Waals surface area contributed by atoms with Crippen LogP contribution < -0.4 is 10.6 Å². The summed E-state index contributed by atoms with van der Waals surface area (Å²) in [6.07, 6.45) is 0.475. The maximum Gasteiger partial charge on any atom is 0.149 e. The molecule has 0 aliphatic heterocycles. The molecule has 2 nitrogen and oxygen atoms in total. The van der Waals surface area contributed by atoms with Gasteiger partial charge in [-0.1, -0.05) is 27.7 Å². The van der Waals surface area contributed by atoms with E-state index in [1.54, 1.807) is 0 Å². The predicted octanol–water partition coefficient (Wildman–Crippen LogP) is 3.97. The van der Waals surface area contributed by atoms with E-state index < -0.39 is 11.6 Å². The summed E-state index contributed by atoms with van der Waals surface area (Å²) in [4.78, 5) is 1.82. The molecule has 1 aromatic rings. The number of nitrogens with two attached hydrogens (primary N) is 1. The number of halogens is 2. The van der Waals surface area contributed by atoms with Crippen LogP contribution in [0.3, 0.4) is 0 Å². The molecular formula is C17H28F2N2. The van der Waals surface area contributed by atoms with Crippen LogP contribution in [0.1, 0.15) is 40.2 Å². The van der Waals surface area contributed by atoms with Gasteiger partial charge in [0, 0.05) is 19.1 Å². The highest BCUT2D eigenvalue weighted by molar-refractivity contribution is 5.51. The van der Waals surface area contributed by atoms with Crippen LogP contribution in [0.2, 0.25) is 0 Å². The van der Waals surface area contributed by atoms with Crippen molar-refractivity contribution in [3.8, 4) is 0 Å². The SMILES string of the molecule is CC(C)CN(CC(C)C)c1c(F)cc(CC(C)N)cc1F. The lowest BCUT2D eigenvalue weighted by Crippen LogP contribution is -2.33. The van der Waals surface area contributed by atoms with Gasteiger partial charge in [-0.05, 0) is 42.9 Å². The minimum absolute atomic E-state index is 0.0887. The van der Waals surface area contributed by atoms with E-state index in [2.05, 4.69) is 0 Å². The molecule has 1 aromatic carbocycles. The molecule has 1 rings (SSSR count). The summed E-state index contributed by atoms with van der Waals surface area (Å²) in [5.74, 6) is -0.309. The minimum atomic E-state index is -0.494. The van der Waals surface area contributed by atoms with E-state index in [0.29, 0.717) is 36.9 Å². The first-order valence-electron chi connectivity index (χ1n) is 7.69. The molecule has 120 valence electrons. The van der Waals surface area contributed by atoms with Crippen molar-refractivity contribution in [2.45, 2.75) is 47.1 Å². The van der Waals surface area contributed by atoms with E-state index in [1.165, 1.54) is 12.1 Å². The quantitative estimate of drug-likeness (QED) is 0.825. The third-order valence-corrected chi connectivity index (χ3v) is 3.12. The average Bonchev–Trinajstić information content (AvgIpc) is 2.24. The van der Waals surface area contributed by atoms with E-state index in [9.17, 15) is 8.78 Å². The first kappa shape index (κ1) is 17.9. The monoisotopic (exact) mass is 298 g/mol. The van der Waals surface area contributed by atoms with Crippen molar-refractivity contribution in [3.63, 3.8) is 0 Å². The van der Waals surface area contributed by atoms with Crippen molar-refractivity contribution in [1.82, 2.24) is 0 Å². The standard InChI is InChI=1S/C17H28F2N2/c1-11(2)9-21(10-12(3)4)17-15(18)7-14(6-13(5)20)8-16(17)19/h7-8,11-13H,6,9-10,20H2,1-5H3. The zero-order chi connectivity index (χ0) is 16.2. The van der Waals surface area contributed by atoms with Crippen molar-refractivity contribution in [3.05, 3.63) is 29.3 Å². The van der Waals surface area contributed by atoms with E-state index in [4.69, 9.17) is 5.73 Å². The predicted molar refractivity (Wildman–Crippen MR) is 85.6 cm³/mol. The molecule has 1 unspecified atom stereocenters. The Hall–Kier alpha value is -1.16. The van der Waals surface area contributed by atoms with Crippen molar-refractivity contribution in [2.75, 3.05) is 18.0 Å². The molecule has 0 aromatic heterocycles. The second-order valence-electron chi connectivity index (χ2n) is 6.78. The van der Waals surface area contributed by atoms with Crippen LogP contribution in [0.4, 0.5) is 14.5 Å². The van der Waals surface area contributed by atoms with Gasteiger partial charge >= 0.3 is 0 Å². The van der Waals surface area contributed by atoms with Gasteiger partial charge < -0.3 is 10.6 Å². The van der Waals surface area contributed by atoms with Gasteiger partial charge in [0.2, 0.25) is 0 Å². The molecule has 0 saturated heterocycles. The molecule has 1 atom stereocenters. The van der Waals surface area contributed by atoms with Crippen LogP contribution in [-0.4, -0.2) is 19.1 Å². The molecule has 0 aliphatic carbocycles. The van der Waals surface area contributed by atoms with Gasteiger partial charge in [0.05, 0.1) is 0 Å². The van der Waals surface area contributed by atoms with Crippen LogP contribution in [0.5, 0.6) is 0 Å². The fraction of sp³-hybridized carbons (Fsp3) is 0.647. The third-order valence-electron chi connectivity index (χ3n) is 3.12. The normalized spacial score (nSPS) is 13.0. The maximum absolute atomic E-state index is 14.4.